The summed E-state index contributed by atoms with van der Waals surface area (Å²) in [4.78, 5) is 28.6. The van der Waals surface area contributed by atoms with Gasteiger partial charge in [0.15, 0.2) is 10.8 Å². The van der Waals surface area contributed by atoms with Gasteiger partial charge in [-0.25, -0.2) is 9.50 Å². The Morgan fingerprint density at radius 2 is 1.83 bits per heavy atom. The number of aromatic nitrogens is 3. The van der Waals surface area contributed by atoms with Crippen LogP contribution in [0.5, 0.6) is 0 Å². The minimum absolute atomic E-state index is 0.236. The number of aliphatic imine (C=N–C) groups is 1. The number of anilines is 1. The highest BCUT2D eigenvalue weighted by Crippen LogP contribution is 2.33. The van der Waals surface area contributed by atoms with Gasteiger partial charge in [-0.2, -0.15) is 10.1 Å². The Morgan fingerprint density at radius 1 is 1.03 bits per heavy atom. The number of rotatable bonds is 3. The number of amides is 1. The van der Waals surface area contributed by atoms with Crippen molar-refractivity contribution >= 4 is 51.8 Å². The molecule has 0 N–H and O–H groups in total. The van der Waals surface area contributed by atoms with E-state index in [9.17, 15) is 4.79 Å². The average molecular weight is 524 g/mol. The van der Waals surface area contributed by atoms with Gasteiger partial charge in [0.1, 0.15) is 0 Å². The van der Waals surface area contributed by atoms with E-state index in [1.54, 1.807) is 16.8 Å². The van der Waals surface area contributed by atoms with Crippen molar-refractivity contribution < 1.29 is 9.53 Å². The van der Waals surface area contributed by atoms with Crippen molar-refractivity contribution in [2.24, 2.45) is 4.99 Å². The highest BCUT2D eigenvalue weighted by Gasteiger charge is 2.27. The molecule has 2 saturated heterocycles. The number of carbonyl (C=O) groups excluding carboxylic acids is 1. The summed E-state index contributed by atoms with van der Waals surface area (Å²) >= 11 is 8.11. The van der Waals surface area contributed by atoms with E-state index in [1.165, 1.54) is 11.8 Å². The van der Waals surface area contributed by atoms with Gasteiger partial charge < -0.3 is 19.4 Å². The molecule has 0 unspecified atom stereocenters. The van der Waals surface area contributed by atoms with E-state index >= 15 is 0 Å². The highest BCUT2D eigenvalue weighted by atomic mass is 35.5. The van der Waals surface area contributed by atoms with E-state index in [1.807, 2.05) is 18.2 Å². The van der Waals surface area contributed by atoms with Gasteiger partial charge >= 0.3 is 0 Å². The predicted molar refractivity (Wildman–Crippen MR) is 144 cm³/mol. The second-order valence-electron chi connectivity index (χ2n) is 9.04. The van der Waals surface area contributed by atoms with Crippen molar-refractivity contribution in [1.29, 1.82) is 0 Å². The summed E-state index contributed by atoms with van der Waals surface area (Å²) in [5.74, 6) is -0.236. The standard InChI is InChI=1S/C25H26ClN7O2S/c1-30-6-8-31(9-7-30)20-4-2-17(14-19(20)26)21-16-27-23-5-3-18(29-33(21)23)15-22-24(34)28-25(36-22)32-10-12-35-13-11-32/h2-5,14-16H,6-13H2,1H3/b22-15-. The Balaban J connectivity index is 1.25. The molecule has 1 amide bonds. The third-order valence-electron chi connectivity index (χ3n) is 6.64. The second kappa shape index (κ2) is 9.85. The van der Waals surface area contributed by atoms with Crippen LogP contribution in [-0.4, -0.2) is 95.0 Å². The van der Waals surface area contributed by atoms with E-state index < -0.39 is 0 Å². The first-order chi connectivity index (χ1) is 17.5. The van der Waals surface area contributed by atoms with Crippen LogP contribution in [0.3, 0.4) is 0 Å². The topological polar surface area (TPSA) is 78.6 Å². The third-order valence-corrected chi connectivity index (χ3v) is 7.99. The number of piperazine rings is 1. The lowest BCUT2D eigenvalue weighted by atomic mass is 10.1. The molecule has 186 valence electrons. The van der Waals surface area contributed by atoms with Crippen molar-refractivity contribution in [1.82, 2.24) is 24.4 Å². The molecule has 5 heterocycles. The summed E-state index contributed by atoms with van der Waals surface area (Å²) in [6.07, 6.45) is 3.59. The lowest BCUT2D eigenvalue weighted by Gasteiger charge is -2.34. The summed E-state index contributed by atoms with van der Waals surface area (Å²) in [5.41, 5.74) is 4.21. The van der Waals surface area contributed by atoms with E-state index in [-0.39, 0.29) is 5.91 Å². The zero-order valence-corrected chi connectivity index (χ0v) is 21.5. The number of morpholine rings is 1. The molecular weight excluding hydrogens is 498 g/mol. The minimum atomic E-state index is -0.236. The van der Waals surface area contributed by atoms with Gasteiger partial charge in [0.25, 0.3) is 5.91 Å². The van der Waals surface area contributed by atoms with Crippen molar-refractivity contribution in [3.05, 3.63) is 52.2 Å². The fourth-order valence-electron chi connectivity index (χ4n) is 4.55. The fourth-order valence-corrected chi connectivity index (χ4v) is 5.80. The van der Waals surface area contributed by atoms with Gasteiger partial charge in [-0.15, -0.1) is 0 Å². The van der Waals surface area contributed by atoms with E-state index in [2.05, 4.69) is 43.9 Å². The molecule has 3 aliphatic heterocycles. The first kappa shape index (κ1) is 23.5. The maximum absolute atomic E-state index is 12.5. The van der Waals surface area contributed by atoms with Crippen molar-refractivity contribution in [3.63, 3.8) is 0 Å². The molecular formula is C25H26ClN7O2S. The molecule has 11 heteroatoms. The number of carbonyl (C=O) groups is 1. The molecule has 0 saturated carbocycles. The van der Waals surface area contributed by atoms with Gasteiger partial charge in [0.05, 0.1) is 46.4 Å². The molecule has 6 rings (SSSR count). The molecule has 3 aromatic rings. The van der Waals surface area contributed by atoms with Crippen LogP contribution in [0.2, 0.25) is 5.02 Å². The molecule has 1 aromatic carbocycles. The van der Waals surface area contributed by atoms with E-state index in [4.69, 9.17) is 21.4 Å². The zero-order chi connectivity index (χ0) is 24.6. The van der Waals surface area contributed by atoms with Crippen LogP contribution in [0.1, 0.15) is 5.69 Å². The van der Waals surface area contributed by atoms with Crippen molar-refractivity contribution in [2.75, 3.05) is 64.4 Å². The smallest absolute Gasteiger partial charge is 0.286 e. The molecule has 3 aliphatic rings. The monoisotopic (exact) mass is 523 g/mol. The lowest BCUT2D eigenvalue weighted by molar-refractivity contribution is -0.113. The van der Waals surface area contributed by atoms with Gasteiger partial charge in [0.2, 0.25) is 0 Å². The Morgan fingerprint density at radius 3 is 2.61 bits per heavy atom. The molecule has 0 radical (unpaired) electrons. The van der Waals surface area contributed by atoms with Gasteiger partial charge in [-0.1, -0.05) is 17.7 Å². The van der Waals surface area contributed by atoms with Crippen LogP contribution in [-0.2, 0) is 9.53 Å². The Hall–Kier alpha value is -2.92. The molecule has 9 nitrogen and oxygen atoms in total. The van der Waals surface area contributed by atoms with Crippen LogP contribution in [0.4, 0.5) is 5.69 Å². The molecule has 2 aromatic heterocycles. The molecule has 36 heavy (non-hydrogen) atoms. The summed E-state index contributed by atoms with van der Waals surface area (Å²) in [7, 11) is 2.14. The van der Waals surface area contributed by atoms with Crippen molar-refractivity contribution in [2.45, 2.75) is 0 Å². The molecule has 0 spiro atoms. The first-order valence-corrected chi connectivity index (χ1v) is 13.2. The Kier molecular flexibility index (Phi) is 6.43. The number of imidazole rings is 1. The molecule has 0 bridgehead atoms. The van der Waals surface area contributed by atoms with Crippen LogP contribution in [0.15, 0.2) is 46.4 Å². The Bertz CT molecular complexity index is 1370. The largest absolute Gasteiger partial charge is 0.378 e. The van der Waals surface area contributed by atoms with E-state index in [0.29, 0.717) is 28.8 Å². The normalized spacial score (nSPS) is 20.6. The number of amidine groups is 1. The number of benzene rings is 1. The highest BCUT2D eigenvalue weighted by molar-refractivity contribution is 8.18. The summed E-state index contributed by atoms with van der Waals surface area (Å²) in [6.45, 7) is 6.73. The van der Waals surface area contributed by atoms with Crippen LogP contribution in [0.25, 0.3) is 23.0 Å². The predicted octanol–water partition coefficient (Wildman–Crippen LogP) is 3.10. The third kappa shape index (κ3) is 4.61. The summed E-state index contributed by atoms with van der Waals surface area (Å²) < 4.78 is 7.19. The zero-order valence-electron chi connectivity index (χ0n) is 19.9. The first-order valence-electron chi connectivity index (χ1n) is 12.0. The number of fused-ring (bicyclic) bond motifs is 1. The van der Waals surface area contributed by atoms with Crippen LogP contribution >= 0.6 is 23.4 Å². The molecule has 0 aliphatic carbocycles. The fraction of sp³-hybridized carbons (Fsp3) is 0.360. The van der Waals surface area contributed by atoms with Gasteiger partial charge in [-0.05, 0) is 49.2 Å². The van der Waals surface area contributed by atoms with Crippen LogP contribution in [0, 0.1) is 0 Å². The average Bonchev–Trinajstić information content (AvgIpc) is 3.48. The second-order valence-corrected chi connectivity index (χ2v) is 10.5. The maximum Gasteiger partial charge on any atom is 0.286 e. The summed E-state index contributed by atoms with van der Waals surface area (Å²) in [5, 5.41) is 6.21. The number of halogens is 1. The maximum atomic E-state index is 12.5. The lowest BCUT2D eigenvalue weighted by Crippen LogP contribution is -2.44. The number of hydrogen-bond acceptors (Lipinski definition) is 8. The summed E-state index contributed by atoms with van der Waals surface area (Å²) in [6, 6.07) is 9.88. The number of ether oxygens (including phenoxy) is 1. The number of hydrogen-bond donors (Lipinski definition) is 0. The van der Waals surface area contributed by atoms with Gasteiger partial charge in [0, 0.05) is 44.8 Å². The quantitative estimate of drug-likeness (QED) is 0.485. The van der Waals surface area contributed by atoms with Crippen molar-refractivity contribution in [3.8, 4) is 11.3 Å². The molecule has 2 fully saturated rings. The minimum Gasteiger partial charge on any atom is -0.378 e. The number of likely N-dealkylation sites (N-methyl/N-ethyl adjacent to an activating group) is 1. The van der Waals surface area contributed by atoms with Crippen LogP contribution < -0.4 is 4.90 Å². The Labute approximate surface area is 218 Å². The number of thioether (sulfide) groups is 1. The van der Waals surface area contributed by atoms with Gasteiger partial charge in [-0.3, -0.25) is 4.79 Å². The molecule has 0 atom stereocenters. The SMILES string of the molecule is CN1CCN(c2ccc(-c3cnc4ccc(/C=C5\SC(N6CCOCC6)=NC5=O)nn34)cc2Cl)CC1. The number of nitrogens with zero attached hydrogens (tertiary/aromatic N) is 7. The van der Waals surface area contributed by atoms with E-state index in [0.717, 1.165) is 67.0 Å².